The number of nitrogens with one attached hydrogen (secondary N) is 4. The maximum absolute atomic E-state index is 13.9. The second kappa shape index (κ2) is 15.9. The van der Waals surface area contributed by atoms with E-state index in [2.05, 4.69) is 20.9 Å². The number of carbonyl (C=O) groups excluding carboxylic acids is 4. The lowest BCUT2D eigenvalue weighted by molar-refractivity contribution is -0.143. The van der Waals surface area contributed by atoms with E-state index in [-0.39, 0.29) is 38.1 Å². The van der Waals surface area contributed by atoms with Gasteiger partial charge >= 0.3 is 5.97 Å². The van der Waals surface area contributed by atoms with Crippen molar-refractivity contribution in [3.63, 3.8) is 0 Å². The van der Waals surface area contributed by atoms with Crippen molar-refractivity contribution in [3.05, 3.63) is 102 Å². The minimum atomic E-state index is -1.26. The number of likely N-dealkylation sites (tertiary alicyclic amines) is 1. The Bertz CT molecular complexity index is 1790. The highest BCUT2D eigenvalue weighted by Crippen LogP contribution is 2.23. The maximum Gasteiger partial charge on any atom is 0.326 e. The molecule has 13 heteroatoms. The lowest BCUT2D eigenvalue weighted by Crippen LogP contribution is -2.58. The maximum atomic E-state index is 13.9. The number of rotatable bonds is 14. The molecule has 1 aromatic heterocycles. The number of benzene rings is 3. The van der Waals surface area contributed by atoms with Gasteiger partial charge in [-0.05, 0) is 47.7 Å². The quantitative estimate of drug-likeness (QED) is 0.104. The highest BCUT2D eigenvalue weighted by molar-refractivity contribution is 5.96. The number of hydrogen-bond donors (Lipinski definition) is 7. The molecule has 49 heavy (non-hydrogen) atoms. The molecule has 1 aliphatic heterocycles. The minimum absolute atomic E-state index is 0.0392. The zero-order chi connectivity index (χ0) is 34.9. The molecule has 2 heterocycles. The van der Waals surface area contributed by atoms with Crippen LogP contribution in [0.2, 0.25) is 0 Å². The zero-order valence-corrected chi connectivity index (χ0v) is 26.8. The van der Waals surface area contributed by atoms with E-state index in [4.69, 9.17) is 5.73 Å². The van der Waals surface area contributed by atoms with Crippen LogP contribution in [-0.4, -0.2) is 87.0 Å². The molecule has 0 unspecified atom stereocenters. The number of nitrogens with two attached hydrogens (primary N) is 1. The van der Waals surface area contributed by atoms with Crippen molar-refractivity contribution in [2.75, 3.05) is 13.1 Å². The Morgan fingerprint density at radius 3 is 2.20 bits per heavy atom. The second-order valence-electron chi connectivity index (χ2n) is 12.1. The van der Waals surface area contributed by atoms with Crippen molar-refractivity contribution >= 4 is 40.5 Å². The summed E-state index contributed by atoms with van der Waals surface area (Å²) in [6.07, 6.45) is 2.77. The van der Waals surface area contributed by atoms with E-state index < -0.39 is 53.8 Å². The number of carboxylic acid groups (broad SMARTS) is 1. The van der Waals surface area contributed by atoms with E-state index in [0.717, 1.165) is 22.0 Å². The number of carboxylic acids is 1. The van der Waals surface area contributed by atoms with Gasteiger partial charge in [-0.25, -0.2) is 4.79 Å². The number of aromatic nitrogens is 1. The number of aromatic amines is 1. The van der Waals surface area contributed by atoms with Crippen molar-refractivity contribution in [3.8, 4) is 5.75 Å². The molecule has 0 bridgehead atoms. The van der Waals surface area contributed by atoms with E-state index in [1.54, 1.807) is 42.6 Å². The summed E-state index contributed by atoms with van der Waals surface area (Å²) in [5.74, 6) is -3.46. The van der Waals surface area contributed by atoms with Crippen LogP contribution >= 0.6 is 0 Å². The number of hydrogen-bond acceptors (Lipinski definition) is 7. The number of phenolic OH excluding ortho intramolecular Hbond substituents is 1. The van der Waals surface area contributed by atoms with Gasteiger partial charge < -0.3 is 41.8 Å². The number of nitrogens with zero attached hydrogens (tertiary/aromatic N) is 1. The zero-order valence-electron chi connectivity index (χ0n) is 26.8. The van der Waals surface area contributed by atoms with Crippen LogP contribution in [0.5, 0.6) is 5.75 Å². The average molecular weight is 669 g/mol. The van der Waals surface area contributed by atoms with Gasteiger partial charge in [-0.2, -0.15) is 0 Å². The number of para-hydroxylation sites is 1. The number of aromatic hydroxyl groups is 1. The molecule has 3 aromatic carbocycles. The Balaban J connectivity index is 1.37. The molecule has 256 valence electrons. The lowest BCUT2D eigenvalue weighted by atomic mass is 10.0. The Kier molecular flexibility index (Phi) is 11.3. The highest BCUT2D eigenvalue weighted by Gasteiger charge is 2.39. The van der Waals surface area contributed by atoms with Crippen molar-refractivity contribution in [2.24, 2.45) is 5.73 Å². The third-order valence-electron chi connectivity index (χ3n) is 8.66. The van der Waals surface area contributed by atoms with Gasteiger partial charge in [0.25, 0.3) is 0 Å². The molecule has 13 nitrogen and oxygen atoms in total. The number of aliphatic carboxylic acids is 1. The largest absolute Gasteiger partial charge is 0.508 e. The summed E-state index contributed by atoms with van der Waals surface area (Å²) in [5.41, 5.74) is 8.49. The van der Waals surface area contributed by atoms with Crippen LogP contribution in [-0.2, 0) is 43.2 Å². The highest BCUT2D eigenvalue weighted by atomic mass is 16.4. The first-order valence-electron chi connectivity index (χ1n) is 16.1. The molecule has 5 rings (SSSR count). The first-order chi connectivity index (χ1) is 23.6. The van der Waals surface area contributed by atoms with E-state index >= 15 is 0 Å². The Labute approximate surface area is 282 Å². The molecule has 8 N–H and O–H groups in total. The van der Waals surface area contributed by atoms with Crippen LogP contribution in [0.15, 0.2) is 85.1 Å². The molecule has 0 spiro atoms. The lowest BCUT2D eigenvalue weighted by Gasteiger charge is -2.30. The van der Waals surface area contributed by atoms with E-state index in [0.29, 0.717) is 18.4 Å². The SMILES string of the molecule is NCC(=O)N[C@H](Cc1ccc(O)cc1)C(=O)N1CCC[C@@H]1C(=O)N[C@@H](Cc1c[nH]c2ccccc12)C(=O)N[C@@H](Cc1ccccc1)C(=O)O. The fourth-order valence-corrected chi connectivity index (χ4v) is 6.14. The molecule has 1 saturated heterocycles. The molecular formula is C36H40N6O7. The van der Waals surface area contributed by atoms with Gasteiger partial charge in [-0.1, -0.05) is 60.7 Å². The summed E-state index contributed by atoms with van der Waals surface area (Å²) < 4.78 is 0. The van der Waals surface area contributed by atoms with Gasteiger partial charge in [0.15, 0.2) is 0 Å². The Morgan fingerprint density at radius 1 is 0.816 bits per heavy atom. The summed E-state index contributed by atoms with van der Waals surface area (Å²) in [6.45, 7) is -0.0888. The minimum Gasteiger partial charge on any atom is -0.508 e. The van der Waals surface area contributed by atoms with Crippen molar-refractivity contribution in [2.45, 2.75) is 56.3 Å². The monoisotopic (exact) mass is 668 g/mol. The number of phenols is 1. The van der Waals surface area contributed by atoms with Gasteiger partial charge in [0, 0.05) is 42.9 Å². The standard InChI is InChI=1S/C36H40N6O7/c37-20-32(44)39-29(17-23-12-14-25(43)15-13-23)35(47)42-16-6-11-31(42)34(46)40-28(19-24-21-38-27-10-5-4-9-26(24)27)33(45)41-30(36(48)49)18-22-7-2-1-3-8-22/h1-5,7-10,12-15,21,28-31,38,43H,6,11,16-20,37H2,(H,39,44)(H,40,46)(H,41,45)(H,48,49)/t28-,29+,30-,31+/m0/s1. The van der Waals surface area contributed by atoms with Crippen molar-refractivity contribution in [1.29, 1.82) is 0 Å². The number of H-pyrrole nitrogens is 1. The van der Waals surface area contributed by atoms with Gasteiger partial charge in [0.05, 0.1) is 6.54 Å². The summed E-state index contributed by atoms with van der Waals surface area (Å²) >= 11 is 0. The average Bonchev–Trinajstić information content (AvgIpc) is 3.76. The fourth-order valence-electron chi connectivity index (χ4n) is 6.14. The first-order valence-corrected chi connectivity index (χ1v) is 16.1. The summed E-state index contributed by atoms with van der Waals surface area (Å²) in [5, 5.41) is 28.6. The molecule has 0 radical (unpaired) electrons. The third-order valence-corrected chi connectivity index (χ3v) is 8.66. The predicted octanol–water partition coefficient (Wildman–Crippen LogP) is 1.39. The second-order valence-corrected chi connectivity index (χ2v) is 12.1. The van der Waals surface area contributed by atoms with E-state index in [1.165, 1.54) is 17.0 Å². The van der Waals surface area contributed by atoms with Crippen molar-refractivity contribution in [1.82, 2.24) is 25.8 Å². The molecule has 1 aliphatic rings. The molecule has 4 atom stereocenters. The smallest absolute Gasteiger partial charge is 0.326 e. The van der Waals surface area contributed by atoms with Crippen LogP contribution in [0.25, 0.3) is 10.9 Å². The van der Waals surface area contributed by atoms with E-state index in [9.17, 15) is 34.2 Å². The van der Waals surface area contributed by atoms with Crippen LogP contribution < -0.4 is 21.7 Å². The number of amides is 4. The van der Waals surface area contributed by atoms with Gasteiger partial charge in [-0.3, -0.25) is 19.2 Å². The van der Waals surface area contributed by atoms with Crippen LogP contribution in [0, 0.1) is 0 Å². The molecule has 1 fully saturated rings. The van der Waals surface area contributed by atoms with Crippen molar-refractivity contribution < 1.29 is 34.2 Å². The third kappa shape index (κ3) is 8.82. The first kappa shape index (κ1) is 34.6. The van der Waals surface area contributed by atoms with Crippen LogP contribution in [0.3, 0.4) is 0 Å². The number of carbonyl (C=O) groups is 5. The van der Waals surface area contributed by atoms with Crippen LogP contribution in [0.4, 0.5) is 0 Å². The summed E-state index contributed by atoms with van der Waals surface area (Å²) in [6, 6.07) is 18.2. The van der Waals surface area contributed by atoms with Gasteiger partial charge in [0.2, 0.25) is 23.6 Å². The van der Waals surface area contributed by atoms with Gasteiger partial charge in [-0.15, -0.1) is 0 Å². The normalized spacial score (nSPS) is 16.0. The topological polar surface area (TPSA) is 207 Å². The molecule has 4 aromatic rings. The van der Waals surface area contributed by atoms with Gasteiger partial charge in [0.1, 0.15) is 29.9 Å². The molecule has 4 amide bonds. The summed E-state index contributed by atoms with van der Waals surface area (Å²) in [7, 11) is 0. The molecule has 0 saturated carbocycles. The predicted molar refractivity (Wildman–Crippen MR) is 181 cm³/mol. The Morgan fingerprint density at radius 2 is 1.49 bits per heavy atom. The summed E-state index contributed by atoms with van der Waals surface area (Å²) in [4.78, 5) is 70.7. The van der Waals surface area contributed by atoms with E-state index in [1.807, 2.05) is 30.3 Å². The van der Waals surface area contributed by atoms with Crippen LogP contribution in [0.1, 0.15) is 29.5 Å². The fraction of sp³-hybridized carbons (Fsp3) is 0.306. The molecular weight excluding hydrogens is 628 g/mol. The number of fused-ring (bicyclic) bond motifs is 1. The molecule has 0 aliphatic carbocycles. The Hall–Kier alpha value is -5.69.